The number of aromatic nitrogens is 4. The Labute approximate surface area is 146 Å². The molecule has 0 saturated carbocycles. The molecule has 0 aliphatic carbocycles. The molecule has 0 spiro atoms. The van der Waals surface area contributed by atoms with Crippen molar-refractivity contribution in [3.63, 3.8) is 0 Å². The highest BCUT2D eigenvalue weighted by Crippen LogP contribution is 2.25. The molecule has 0 saturated heterocycles. The van der Waals surface area contributed by atoms with E-state index in [-0.39, 0.29) is 11.5 Å². The topological polar surface area (TPSA) is 107 Å². The SMILES string of the molecule is CC(N)c1cn(Cc2csc(C(C)(C)C)n2)nn1.O=C(O)C(F)(F)F. The molecule has 1 unspecified atom stereocenters. The summed E-state index contributed by atoms with van der Waals surface area (Å²) in [5, 5.41) is 18.4. The maximum atomic E-state index is 10.6. The van der Waals surface area contributed by atoms with Crippen LogP contribution in [0.3, 0.4) is 0 Å². The van der Waals surface area contributed by atoms with Crippen molar-refractivity contribution in [2.75, 3.05) is 0 Å². The first kappa shape index (κ1) is 21.0. The van der Waals surface area contributed by atoms with Gasteiger partial charge in [0, 0.05) is 16.8 Å². The zero-order valence-corrected chi connectivity index (χ0v) is 15.0. The van der Waals surface area contributed by atoms with E-state index in [1.165, 1.54) is 0 Å². The molecule has 0 amide bonds. The number of nitrogens with two attached hydrogens (primary N) is 1. The number of halogens is 3. The summed E-state index contributed by atoms with van der Waals surface area (Å²) < 4.78 is 33.5. The highest BCUT2D eigenvalue weighted by molar-refractivity contribution is 7.09. The fourth-order valence-corrected chi connectivity index (χ4v) is 2.39. The maximum absolute atomic E-state index is 10.6. The van der Waals surface area contributed by atoms with Crippen LogP contribution in [0.25, 0.3) is 0 Å². The number of hydrogen-bond donors (Lipinski definition) is 2. The Bertz CT molecular complexity index is 704. The predicted octanol–water partition coefficient (Wildman–Crippen LogP) is 2.73. The van der Waals surface area contributed by atoms with Gasteiger partial charge in [0.15, 0.2) is 0 Å². The average molecular weight is 379 g/mol. The third-order valence-corrected chi connectivity index (χ3v) is 4.10. The van der Waals surface area contributed by atoms with Gasteiger partial charge in [-0.05, 0) is 6.92 Å². The van der Waals surface area contributed by atoms with Crippen LogP contribution in [0.4, 0.5) is 13.2 Å². The van der Waals surface area contributed by atoms with Gasteiger partial charge in [-0.2, -0.15) is 13.2 Å². The molecule has 25 heavy (non-hydrogen) atoms. The molecule has 140 valence electrons. The summed E-state index contributed by atoms with van der Waals surface area (Å²) in [6.07, 6.45) is -3.21. The summed E-state index contributed by atoms with van der Waals surface area (Å²) >= 11 is 1.69. The van der Waals surface area contributed by atoms with Gasteiger partial charge in [-0.25, -0.2) is 14.5 Å². The third-order valence-electron chi connectivity index (χ3n) is 2.78. The Morgan fingerprint density at radius 2 is 1.96 bits per heavy atom. The van der Waals surface area contributed by atoms with E-state index in [0.717, 1.165) is 16.4 Å². The number of nitrogens with zero attached hydrogens (tertiary/aromatic N) is 4. The van der Waals surface area contributed by atoms with Crippen molar-refractivity contribution in [2.45, 2.75) is 51.9 Å². The summed E-state index contributed by atoms with van der Waals surface area (Å²) in [5.74, 6) is -2.76. The molecule has 2 heterocycles. The van der Waals surface area contributed by atoms with Crippen molar-refractivity contribution >= 4 is 17.3 Å². The van der Waals surface area contributed by atoms with E-state index in [2.05, 4.69) is 41.4 Å². The zero-order chi connectivity index (χ0) is 19.4. The van der Waals surface area contributed by atoms with Gasteiger partial charge in [-0.3, -0.25) is 0 Å². The molecule has 0 aliphatic heterocycles. The van der Waals surface area contributed by atoms with Crippen molar-refractivity contribution in [1.82, 2.24) is 20.0 Å². The normalized spacial score (nSPS) is 13.1. The molecular weight excluding hydrogens is 359 g/mol. The zero-order valence-electron chi connectivity index (χ0n) is 14.2. The highest BCUT2D eigenvalue weighted by atomic mass is 32.1. The van der Waals surface area contributed by atoms with E-state index in [4.69, 9.17) is 15.6 Å². The summed E-state index contributed by atoms with van der Waals surface area (Å²) in [7, 11) is 0. The van der Waals surface area contributed by atoms with Crippen molar-refractivity contribution in [2.24, 2.45) is 5.73 Å². The van der Waals surface area contributed by atoms with E-state index in [0.29, 0.717) is 6.54 Å². The van der Waals surface area contributed by atoms with Gasteiger partial charge in [0.05, 0.1) is 29.1 Å². The van der Waals surface area contributed by atoms with Crippen molar-refractivity contribution in [3.8, 4) is 0 Å². The molecule has 0 aliphatic rings. The second-order valence-electron chi connectivity index (χ2n) is 6.33. The minimum absolute atomic E-state index is 0.0840. The lowest BCUT2D eigenvalue weighted by Gasteiger charge is -2.13. The Morgan fingerprint density at radius 1 is 1.40 bits per heavy atom. The molecular formula is C14H20F3N5O2S. The molecule has 7 nitrogen and oxygen atoms in total. The Hall–Kier alpha value is -2.01. The van der Waals surface area contributed by atoms with Crippen LogP contribution in [0.1, 0.15) is 50.1 Å². The molecule has 0 radical (unpaired) electrons. The minimum Gasteiger partial charge on any atom is -0.475 e. The Balaban J connectivity index is 0.000000381. The molecule has 11 heteroatoms. The lowest BCUT2D eigenvalue weighted by atomic mass is 9.98. The average Bonchev–Trinajstić information content (AvgIpc) is 3.07. The molecule has 0 bridgehead atoms. The lowest BCUT2D eigenvalue weighted by molar-refractivity contribution is -0.192. The number of carbonyl (C=O) groups is 1. The van der Waals surface area contributed by atoms with Crippen LogP contribution in [0.2, 0.25) is 0 Å². The molecule has 2 aromatic rings. The fourth-order valence-electron chi connectivity index (χ4n) is 1.49. The van der Waals surface area contributed by atoms with Gasteiger partial charge in [0.25, 0.3) is 0 Å². The lowest BCUT2D eigenvalue weighted by Crippen LogP contribution is -2.21. The number of thiazole rings is 1. The fraction of sp³-hybridized carbons (Fsp3) is 0.571. The second kappa shape index (κ2) is 7.91. The van der Waals surface area contributed by atoms with Crippen LogP contribution in [0.5, 0.6) is 0 Å². The van der Waals surface area contributed by atoms with Gasteiger partial charge in [0.2, 0.25) is 0 Å². The number of alkyl halides is 3. The maximum Gasteiger partial charge on any atom is 0.490 e. The number of carboxylic acids is 1. The second-order valence-corrected chi connectivity index (χ2v) is 7.18. The van der Waals surface area contributed by atoms with Gasteiger partial charge in [-0.1, -0.05) is 26.0 Å². The first-order valence-electron chi connectivity index (χ1n) is 7.21. The monoisotopic (exact) mass is 379 g/mol. The third kappa shape index (κ3) is 6.78. The summed E-state index contributed by atoms with van der Waals surface area (Å²) in [4.78, 5) is 13.5. The van der Waals surface area contributed by atoms with E-state index >= 15 is 0 Å². The van der Waals surface area contributed by atoms with Crippen molar-refractivity contribution in [3.05, 3.63) is 28.0 Å². The van der Waals surface area contributed by atoms with Gasteiger partial charge >= 0.3 is 12.1 Å². The van der Waals surface area contributed by atoms with Crippen molar-refractivity contribution < 1.29 is 23.1 Å². The first-order chi connectivity index (χ1) is 11.3. The van der Waals surface area contributed by atoms with Crippen LogP contribution < -0.4 is 5.73 Å². The Kier molecular flexibility index (Phi) is 6.66. The smallest absolute Gasteiger partial charge is 0.475 e. The van der Waals surface area contributed by atoms with Gasteiger partial charge < -0.3 is 10.8 Å². The van der Waals surface area contributed by atoms with E-state index in [9.17, 15) is 13.2 Å². The molecule has 2 rings (SSSR count). The first-order valence-corrected chi connectivity index (χ1v) is 8.09. The quantitative estimate of drug-likeness (QED) is 0.849. The van der Waals surface area contributed by atoms with E-state index < -0.39 is 12.1 Å². The standard InChI is InChI=1S/C12H19N5S.C2HF3O2/c1-8(13)10-6-17(16-15-10)5-9-7-18-11(14-9)12(2,3)4;3-2(4,5)1(6)7/h6-8H,5,13H2,1-4H3;(H,6,7). The van der Waals surface area contributed by atoms with E-state index in [1.807, 2.05) is 13.1 Å². The number of aliphatic carboxylic acids is 1. The largest absolute Gasteiger partial charge is 0.490 e. The van der Waals surface area contributed by atoms with E-state index in [1.54, 1.807) is 16.0 Å². The number of rotatable bonds is 3. The van der Waals surface area contributed by atoms with Gasteiger partial charge in [0.1, 0.15) is 0 Å². The van der Waals surface area contributed by atoms with Gasteiger partial charge in [-0.15, -0.1) is 16.4 Å². The van der Waals surface area contributed by atoms with Crippen LogP contribution in [-0.2, 0) is 16.8 Å². The van der Waals surface area contributed by atoms with Crippen LogP contribution >= 0.6 is 11.3 Å². The molecule has 0 fully saturated rings. The molecule has 2 aromatic heterocycles. The predicted molar refractivity (Wildman–Crippen MR) is 86.2 cm³/mol. The number of carboxylic acid groups (broad SMARTS) is 1. The van der Waals surface area contributed by atoms with Crippen LogP contribution in [0.15, 0.2) is 11.6 Å². The minimum atomic E-state index is -5.08. The van der Waals surface area contributed by atoms with Crippen LogP contribution in [-0.4, -0.2) is 37.2 Å². The molecule has 3 N–H and O–H groups in total. The molecule has 1 atom stereocenters. The summed E-state index contributed by atoms with van der Waals surface area (Å²) in [6.45, 7) is 9.04. The van der Waals surface area contributed by atoms with Crippen LogP contribution in [0, 0.1) is 0 Å². The van der Waals surface area contributed by atoms with Crippen molar-refractivity contribution in [1.29, 1.82) is 0 Å². The summed E-state index contributed by atoms with van der Waals surface area (Å²) in [6, 6.07) is -0.0840. The molecule has 0 aromatic carbocycles. The Morgan fingerprint density at radius 3 is 2.32 bits per heavy atom. The summed E-state index contributed by atoms with van der Waals surface area (Å²) in [5.41, 5.74) is 7.68. The number of hydrogen-bond acceptors (Lipinski definition) is 6. The highest BCUT2D eigenvalue weighted by Gasteiger charge is 2.38.